The van der Waals surface area contributed by atoms with E-state index in [9.17, 15) is 0 Å². The molecule has 0 aliphatic rings. The Balaban J connectivity index is 2.47. The first-order valence-corrected chi connectivity index (χ1v) is 5.49. The largest absolute Gasteiger partial charge is 0.472 e. The number of benzene rings is 1. The van der Waals surface area contributed by atoms with Crippen LogP contribution in [0.15, 0.2) is 41.2 Å². The van der Waals surface area contributed by atoms with Crippen LogP contribution in [0.2, 0.25) is 0 Å². The molecule has 0 spiro atoms. The molecule has 78 valence electrons. The minimum atomic E-state index is 1.08. The van der Waals surface area contributed by atoms with Crippen molar-refractivity contribution in [2.75, 3.05) is 0 Å². The van der Waals surface area contributed by atoms with E-state index in [1.165, 1.54) is 22.3 Å². The molecule has 2 rings (SSSR count). The average molecular weight is 200 g/mol. The van der Waals surface area contributed by atoms with E-state index in [0.717, 1.165) is 12.8 Å². The van der Waals surface area contributed by atoms with Crippen molar-refractivity contribution in [3.63, 3.8) is 0 Å². The molecule has 0 radical (unpaired) electrons. The summed E-state index contributed by atoms with van der Waals surface area (Å²) in [5, 5.41) is 0. The van der Waals surface area contributed by atoms with Crippen LogP contribution in [0.25, 0.3) is 11.1 Å². The molecule has 1 heterocycles. The van der Waals surface area contributed by atoms with Crippen molar-refractivity contribution in [3.05, 3.63) is 47.9 Å². The van der Waals surface area contributed by atoms with E-state index in [0.29, 0.717) is 0 Å². The minimum absolute atomic E-state index is 1.08. The van der Waals surface area contributed by atoms with Crippen LogP contribution in [0.4, 0.5) is 0 Å². The van der Waals surface area contributed by atoms with Gasteiger partial charge in [0, 0.05) is 5.56 Å². The minimum Gasteiger partial charge on any atom is -0.472 e. The third kappa shape index (κ3) is 2.12. The van der Waals surface area contributed by atoms with E-state index >= 15 is 0 Å². The van der Waals surface area contributed by atoms with Crippen molar-refractivity contribution in [1.82, 2.24) is 0 Å². The second kappa shape index (κ2) is 4.35. The summed E-state index contributed by atoms with van der Waals surface area (Å²) in [6.07, 6.45) is 5.69. The molecule has 1 heteroatoms. The Morgan fingerprint density at radius 2 is 1.60 bits per heavy atom. The zero-order valence-corrected chi connectivity index (χ0v) is 9.29. The van der Waals surface area contributed by atoms with Gasteiger partial charge in [-0.3, -0.25) is 0 Å². The van der Waals surface area contributed by atoms with Crippen LogP contribution in [0.3, 0.4) is 0 Å². The molecule has 0 saturated carbocycles. The molecule has 1 aromatic carbocycles. The molecule has 0 fully saturated rings. The summed E-state index contributed by atoms with van der Waals surface area (Å²) in [7, 11) is 0. The maximum atomic E-state index is 5.12. The van der Waals surface area contributed by atoms with E-state index in [1.807, 2.05) is 6.07 Å². The lowest BCUT2D eigenvalue weighted by molar-refractivity contribution is 0.568. The predicted octanol–water partition coefficient (Wildman–Crippen LogP) is 4.07. The maximum absolute atomic E-state index is 5.12. The molecular formula is C14H16O. The second-order valence-electron chi connectivity index (χ2n) is 3.76. The molecule has 0 atom stereocenters. The van der Waals surface area contributed by atoms with Gasteiger partial charge in [-0.15, -0.1) is 0 Å². The molecule has 0 unspecified atom stereocenters. The van der Waals surface area contributed by atoms with Crippen LogP contribution in [0.1, 0.15) is 25.0 Å². The van der Waals surface area contributed by atoms with E-state index in [2.05, 4.69) is 32.0 Å². The van der Waals surface area contributed by atoms with Gasteiger partial charge in [0.1, 0.15) is 0 Å². The average Bonchev–Trinajstić information content (AvgIpc) is 2.81. The van der Waals surface area contributed by atoms with Gasteiger partial charge in [0.05, 0.1) is 12.5 Å². The van der Waals surface area contributed by atoms with Crippen LogP contribution in [-0.4, -0.2) is 0 Å². The summed E-state index contributed by atoms with van der Waals surface area (Å²) in [5.41, 5.74) is 5.22. The quantitative estimate of drug-likeness (QED) is 0.727. The molecular weight excluding hydrogens is 184 g/mol. The van der Waals surface area contributed by atoms with Crippen molar-refractivity contribution in [1.29, 1.82) is 0 Å². The fourth-order valence-corrected chi connectivity index (χ4v) is 1.77. The van der Waals surface area contributed by atoms with Crippen molar-refractivity contribution in [2.45, 2.75) is 26.7 Å². The third-order valence-electron chi connectivity index (χ3n) is 2.72. The highest BCUT2D eigenvalue weighted by Gasteiger charge is 2.02. The maximum Gasteiger partial charge on any atom is 0.0980 e. The third-order valence-corrected chi connectivity index (χ3v) is 2.72. The highest BCUT2D eigenvalue weighted by atomic mass is 16.3. The normalized spacial score (nSPS) is 10.5. The van der Waals surface area contributed by atoms with Crippen LogP contribution in [0, 0.1) is 0 Å². The summed E-state index contributed by atoms with van der Waals surface area (Å²) in [6.45, 7) is 4.38. The lowest BCUT2D eigenvalue weighted by Gasteiger charge is -2.05. The van der Waals surface area contributed by atoms with E-state index < -0.39 is 0 Å². The fourth-order valence-electron chi connectivity index (χ4n) is 1.77. The number of hydrogen-bond acceptors (Lipinski definition) is 1. The summed E-state index contributed by atoms with van der Waals surface area (Å²) in [5.74, 6) is 0. The van der Waals surface area contributed by atoms with Crippen molar-refractivity contribution >= 4 is 0 Å². The van der Waals surface area contributed by atoms with Gasteiger partial charge in [0.25, 0.3) is 0 Å². The predicted molar refractivity (Wildman–Crippen MR) is 62.9 cm³/mol. The van der Waals surface area contributed by atoms with Gasteiger partial charge in [-0.2, -0.15) is 0 Å². The Morgan fingerprint density at radius 3 is 2.07 bits per heavy atom. The molecule has 15 heavy (non-hydrogen) atoms. The van der Waals surface area contributed by atoms with Crippen LogP contribution in [-0.2, 0) is 12.8 Å². The van der Waals surface area contributed by atoms with E-state index in [1.54, 1.807) is 12.5 Å². The highest BCUT2D eigenvalue weighted by Crippen LogP contribution is 2.23. The molecule has 0 aliphatic carbocycles. The first-order chi connectivity index (χ1) is 7.33. The second-order valence-corrected chi connectivity index (χ2v) is 3.76. The Morgan fingerprint density at radius 1 is 0.933 bits per heavy atom. The zero-order valence-electron chi connectivity index (χ0n) is 9.29. The summed E-state index contributed by atoms with van der Waals surface area (Å²) >= 11 is 0. The molecule has 1 nitrogen and oxygen atoms in total. The van der Waals surface area contributed by atoms with Crippen LogP contribution in [0.5, 0.6) is 0 Å². The number of rotatable bonds is 3. The molecule has 0 aliphatic heterocycles. The van der Waals surface area contributed by atoms with Gasteiger partial charge in [-0.1, -0.05) is 32.0 Å². The van der Waals surface area contributed by atoms with Crippen molar-refractivity contribution in [2.24, 2.45) is 0 Å². The van der Waals surface area contributed by atoms with E-state index in [4.69, 9.17) is 4.42 Å². The summed E-state index contributed by atoms with van der Waals surface area (Å²) < 4.78 is 5.12. The van der Waals surface area contributed by atoms with Crippen molar-refractivity contribution < 1.29 is 4.42 Å². The first-order valence-electron chi connectivity index (χ1n) is 5.49. The Hall–Kier alpha value is -1.50. The van der Waals surface area contributed by atoms with E-state index in [-0.39, 0.29) is 0 Å². The van der Waals surface area contributed by atoms with Gasteiger partial charge in [-0.05, 0) is 35.6 Å². The first kappa shape index (κ1) is 10.0. The Labute approximate surface area is 90.7 Å². The number of aryl methyl sites for hydroxylation is 2. The highest BCUT2D eigenvalue weighted by molar-refractivity contribution is 5.64. The lowest BCUT2D eigenvalue weighted by atomic mass is 9.99. The van der Waals surface area contributed by atoms with Crippen LogP contribution < -0.4 is 0 Å². The number of hydrogen-bond donors (Lipinski definition) is 0. The molecule has 0 amide bonds. The van der Waals surface area contributed by atoms with Gasteiger partial charge < -0.3 is 4.42 Å². The van der Waals surface area contributed by atoms with Gasteiger partial charge in [-0.25, -0.2) is 0 Å². The molecule has 0 bridgehead atoms. The molecule has 0 N–H and O–H groups in total. The monoisotopic (exact) mass is 200 g/mol. The lowest BCUT2D eigenvalue weighted by Crippen LogP contribution is -1.87. The fraction of sp³-hybridized carbons (Fsp3) is 0.286. The summed E-state index contributed by atoms with van der Waals surface area (Å²) in [6, 6.07) is 8.77. The SMILES string of the molecule is CCc1cc(CC)cc(-c2ccoc2)c1. The van der Waals surface area contributed by atoms with Gasteiger partial charge in [0.15, 0.2) is 0 Å². The zero-order chi connectivity index (χ0) is 10.7. The Bertz CT molecular complexity index is 404. The topological polar surface area (TPSA) is 13.1 Å². The Kier molecular flexibility index (Phi) is 2.91. The van der Waals surface area contributed by atoms with Gasteiger partial charge >= 0.3 is 0 Å². The van der Waals surface area contributed by atoms with Gasteiger partial charge in [0.2, 0.25) is 0 Å². The van der Waals surface area contributed by atoms with Crippen LogP contribution >= 0.6 is 0 Å². The molecule has 2 aromatic rings. The summed E-state index contributed by atoms with van der Waals surface area (Å²) in [4.78, 5) is 0. The number of furan rings is 1. The smallest absolute Gasteiger partial charge is 0.0980 e. The standard InChI is InChI=1S/C14H16O/c1-3-11-7-12(4-2)9-14(8-11)13-5-6-15-10-13/h5-10H,3-4H2,1-2H3. The van der Waals surface area contributed by atoms with Crippen molar-refractivity contribution in [3.8, 4) is 11.1 Å². The molecule has 0 saturated heterocycles. The molecule has 1 aromatic heterocycles.